The van der Waals surface area contributed by atoms with Crippen molar-refractivity contribution < 1.29 is 34.1 Å². The van der Waals surface area contributed by atoms with Crippen LogP contribution in [0, 0.1) is 0 Å². The number of phosphoric ester groups is 1. The molecule has 9 heteroatoms. The number of unbranched alkanes of at least 4 members (excludes halogenated alkanes) is 13. The minimum Gasteiger partial charge on any atom is -0.756 e. The summed E-state index contributed by atoms with van der Waals surface area (Å²) in [5.41, 5.74) is 3.53. The molecule has 1 amide bonds. The van der Waals surface area contributed by atoms with Crippen molar-refractivity contribution in [2.24, 2.45) is 0 Å². The lowest BCUT2D eigenvalue weighted by Crippen LogP contribution is -2.52. The molecule has 0 spiro atoms. The van der Waals surface area contributed by atoms with Crippen LogP contribution in [0.4, 0.5) is 0 Å². The highest BCUT2D eigenvalue weighted by atomic mass is 31.2. The van der Waals surface area contributed by atoms with Crippen LogP contribution in [0.1, 0.15) is 117 Å². The van der Waals surface area contributed by atoms with Gasteiger partial charge in [-0.2, -0.15) is 0 Å². The predicted molar refractivity (Wildman–Crippen MR) is 140 cm³/mol. The molecule has 208 valence electrons. The van der Waals surface area contributed by atoms with E-state index < -0.39 is 20.0 Å². The van der Waals surface area contributed by atoms with Crippen LogP contribution in [-0.2, 0) is 18.4 Å². The van der Waals surface area contributed by atoms with Crippen LogP contribution in [0.25, 0.3) is 0 Å². The standard InChI is InChI=1S/C26H53N2O6P/c1-3-5-7-8-9-10-11-12-13-14-15-16-18-19-25(29)24(28-26(30)20-17-6-4-2)23-34-35(31,32)33-22-21-27/h18-19,24-25,29H,3-17,20-23,27H2,1-2H3,(H,28,30)(H,31,32)/b19-18+/t24-,25+/m0/s1. The van der Waals surface area contributed by atoms with Crippen LogP contribution in [0.2, 0.25) is 0 Å². The zero-order chi connectivity index (χ0) is 26.2. The zero-order valence-electron chi connectivity index (χ0n) is 22.4. The maximum absolute atomic E-state index is 12.2. The van der Waals surface area contributed by atoms with Crippen molar-refractivity contribution in [1.82, 2.24) is 5.32 Å². The first kappa shape index (κ1) is 34.2. The van der Waals surface area contributed by atoms with Gasteiger partial charge < -0.3 is 30.1 Å². The predicted octanol–water partition coefficient (Wildman–Crippen LogP) is 4.41. The molecule has 0 aromatic rings. The van der Waals surface area contributed by atoms with E-state index in [0.717, 1.165) is 38.5 Å². The fourth-order valence-corrected chi connectivity index (χ4v) is 4.49. The Morgan fingerprint density at radius 3 is 2.06 bits per heavy atom. The Morgan fingerprint density at radius 2 is 1.49 bits per heavy atom. The number of amides is 1. The molecule has 0 aliphatic rings. The number of hydrogen-bond donors (Lipinski definition) is 3. The molecule has 0 aromatic heterocycles. The maximum Gasteiger partial charge on any atom is 0.268 e. The summed E-state index contributed by atoms with van der Waals surface area (Å²) in [6.45, 7) is 4.12. The van der Waals surface area contributed by atoms with Gasteiger partial charge in [-0.3, -0.25) is 9.36 Å². The summed E-state index contributed by atoms with van der Waals surface area (Å²) in [7, 11) is -4.51. The van der Waals surface area contributed by atoms with E-state index in [0.29, 0.717) is 6.42 Å². The van der Waals surface area contributed by atoms with Crippen molar-refractivity contribution in [3.05, 3.63) is 12.2 Å². The number of aliphatic hydroxyl groups excluding tert-OH is 1. The molecule has 0 heterocycles. The van der Waals surface area contributed by atoms with Crippen molar-refractivity contribution >= 4 is 13.7 Å². The molecule has 0 bridgehead atoms. The average molecular weight is 521 g/mol. The first-order chi connectivity index (χ1) is 16.9. The van der Waals surface area contributed by atoms with Crippen molar-refractivity contribution in [3.63, 3.8) is 0 Å². The van der Waals surface area contributed by atoms with Gasteiger partial charge in [0.1, 0.15) is 6.61 Å². The Morgan fingerprint density at radius 1 is 0.943 bits per heavy atom. The highest BCUT2D eigenvalue weighted by Crippen LogP contribution is 2.38. The van der Waals surface area contributed by atoms with E-state index in [1.54, 1.807) is 6.08 Å². The van der Waals surface area contributed by atoms with Crippen molar-refractivity contribution in [3.8, 4) is 0 Å². The summed E-state index contributed by atoms with van der Waals surface area (Å²) in [4.78, 5) is 24.1. The number of hydrogen-bond acceptors (Lipinski definition) is 6. The molecule has 0 aromatic carbocycles. The van der Waals surface area contributed by atoms with Gasteiger partial charge in [-0.15, -0.1) is 0 Å². The van der Waals surface area contributed by atoms with Gasteiger partial charge in [0.05, 0.1) is 25.3 Å². The fraction of sp³-hybridized carbons (Fsp3) is 0.885. The second-order valence-corrected chi connectivity index (χ2v) is 10.7. The summed E-state index contributed by atoms with van der Waals surface area (Å²) in [5, 5.41) is 13.3. The summed E-state index contributed by atoms with van der Waals surface area (Å²) in [5.74, 6) is -0.232. The number of carbonyl (C=O) groups excluding carboxylic acids is 1. The number of aliphatic hydroxyl groups is 1. The Labute approximate surface area is 214 Å². The van der Waals surface area contributed by atoms with E-state index in [9.17, 15) is 19.4 Å². The molecule has 0 rings (SSSR count). The second-order valence-electron chi connectivity index (χ2n) is 9.30. The van der Waals surface area contributed by atoms with Gasteiger partial charge >= 0.3 is 0 Å². The van der Waals surface area contributed by atoms with E-state index in [1.165, 1.54) is 57.8 Å². The third-order valence-electron chi connectivity index (χ3n) is 5.88. The molecule has 0 aliphatic heterocycles. The monoisotopic (exact) mass is 520 g/mol. The molecule has 35 heavy (non-hydrogen) atoms. The molecule has 0 radical (unpaired) electrons. The van der Waals surface area contributed by atoms with Crippen LogP contribution >= 0.6 is 7.82 Å². The van der Waals surface area contributed by atoms with E-state index in [1.807, 2.05) is 6.08 Å². The SMILES string of the molecule is CCCCCCCCCCCCC/C=C/[C@@H](O)[C@H](COP(=O)([O-])OCC[NH3+])NC(=O)CCCCC. The average Bonchev–Trinajstić information content (AvgIpc) is 2.83. The van der Waals surface area contributed by atoms with Gasteiger partial charge in [0.2, 0.25) is 5.91 Å². The molecule has 1 unspecified atom stereocenters. The molecule has 3 atom stereocenters. The van der Waals surface area contributed by atoms with Crippen molar-refractivity contribution in [1.29, 1.82) is 0 Å². The lowest BCUT2D eigenvalue weighted by Gasteiger charge is -2.27. The summed E-state index contributed by atoms with van der Waals surface area (Å²) in [6, 6.07) is -0.872. The van der Waals surface area contributed by atoms with E-state index in [2.05, 4.69) is 29.4 Å². The number of nitrogens with one attached hydrogen (secondary N) is 1. The highest BCUT2D eigenvalue weighted by molar-refractivity contribution is 7.45. The number of rotatable bonds is 25. The van der Waals surface area contributed by atoms with Crippen molar-refractivity contribution in [2.45, 2.75) is 129 Å². The van der Waals surface area contributed by atoms with Gasteiger partial charge in [0.25, 0.3) is 7.82 Å². The Hall–Kier alpha value is -0.760. The quantitative estimate of drug-likeness (QED) is 0.0927. The normalized spacial score (nSPS) is 15.2. The number of phosphoric acid groups is 1. The number of quaternary nitrogens is 1. The first-order valence-corrected chi connectivity index (χ1v) is 15.4. The van der Waals surface area contributed by atoms with Crippen LogP contribution in [0.5, 0.6) is 0 Å². The van der Waals surface area contributed by atoms with Crippen LogP contribution in [-0.4, -0.2) is 42.9 Å². The van der Waals surface area contributed by atoms with Gasteiger partial charge in [-0.05, 0) is 19.3 Å². The topological polar surface area (TPSA) is 136 Å². The fourth-order valence-electron chi connectivity index (χ4n) is 3.72. The Balaban J connectivity index is 4.34. The van der Waals surface area contributed by atoms with Gasteiger partial charge in [-0.1, -0.05) is 103 Å². The molecule has 0 saturated heterocycles. The van der Waals surface area contributed by atoms with Crippen LogP contribution in [0.3, 0.4) is 0 Å². The first-order valence-electron chi connectivity index (χ1n) is 13.9. The Bertz CT molecular complexity index is 576. The molecule has 5 N–H and O–H groups in total. The minimum atomic E-state index is -4.51. The largest absolute Gasteiger partial charge is 0.756 e. The molecular formula is C26H53N2O6P. The van der Waals surface area contributed by atoms with E-state index in [4.69, 9.17) is 4.52 Å². The van der Waals surface area contributed by atoms with E-state index >= 15 is 0 Å². The number of carbonyl (C=O) groups is 1. The lowest BCUT2D eigenvalue weighted by molar-refractivity contribution is -0.373. The summed E-state index contributed by atoms with van der Waals surface area (Å²) in [6.07, 6.45) is 20.3. The smallest absolute Gasteiger partial charge is 0.268 e. The minimum absolute atomic E-state index is 0.0732. The van der Waals surface area contributed by atoms with Crippen LogP contribution in [0.15, 0.2) is 12.2 Å². The van der Waals surface area contributed by atoms with E-state index in [-0.39, 0.29) is 25.7 Å². The molecule has 8 nitrogen and oxygen atoms in total. The highest BCUT2D eigenvalue weighted by Gasteiger charge is 2.22. The van der Waals surface area contributed by atoms with Gasteiger partial charge in [0.15, 0.2) is 0 Å². The van der Waals surface area contributed by atoms with Crippen LogP contribution < -0.4 is 15.9 Å². The number of allylic oxidation sites excluding steroid dienone is 1. The van der Waals surface area contributed by atoms with Crippen molar-refractivity contribution in [2.75, 3.05) is 19.8 Å². The Kier molecular flexibility index (Phi) is 23.1. The third kappa shape index (κ3) is 22.2. The zero-order valence-corrected chi connectivity index (χ0v) is 23.3. The molecule has 0 fully saturated rings. The van der Waals surface area contributed by atoms with Gasteiger partial charge in [-0.25, -0.2) is 0 Å². The molecule has 0 aliphatic carbocycles. The summed E-state index contributed by atoms with van der Waals surface area (Å²) >= 11 is 0. The second kappa shape index (κ2) is 23.6. The molecular weight excluding hydrogens is 467 g/mol. The maximum atomic E-state index is 12.2. The third-order valence-corrected chi connectivity index (χ3v) is 6.84. The lowest BCUT2D eigenvalue weighted by atomic mass is 10.0. The van der Waals surface area contributed by atoms with Gasteiger partial charge in [0, 0.05) is 6.42 Å². The summed E-state index contributed by atoms with van der Waals surface area (Å²) < 4.78 is 21.4. The molecule has 0 saturated carbocycles.